The van der Waals surface area contributed by atoms with Crippen LogP contribution in [0, 0.1) is 0 Å². The van der Waals surface area contributed by atoms with Crippen molar-refractivity contribution in [2.24, 2.45) is 7.05 Å². The Labute approximate surface area is 150 Å². The summed E-state index contributed by atoms with van der Waals surface area (Å²) in [5.41, 5.74) is 1.61. The largest absolute Gasteiger partial charge is 0.476 e. The quantitative estimate of drug-likeness (QED) is 0.823. The molecule has 0 atom stereocenters. The van der Waals surface area contributed by atoms with E-state index in [0.29, 0.717) is 29.5 Å². The summed E-state index contributed by atoms with van der Waals surface area (Å²) in [6.07, 6.45) is 8.13. The highest BCUT2D eigenvalue weighted by Gasteiger charge is 2.24. The van der Waals surface area contributed by atoms with Crippen LogP contribution in [0.5, 0.6) is 0 Å². The van der Waals surface area contributed by atoms with E-state index in [1.54, 1.807) is 10.9 Å². The molecule has 0 spiro atoms. The van der Waals surface area contributed by atoms with Crippen molar-refractivity contribution in [1.29, 1.82) is 0 Å². The molecule has 8 heteroatoms. The van der Waals surface area contributed by atoms with Crippen molar-refractivity contribution in [3.63, 3.8) is 0 Å². The van der Waals surface area contributed by atoms with Crippen LogP contribution in [0.2, 0.25) is 0 Å². The molecular formula is C17H22N4O3S. The topological polar surface area (TPSA) is 97.1 Å². The van der Waals surface area contributed by atoms with E-state index in [1.807, 2.05) is 7.05 Å². The monoisotopic (exact) mass is 362 g/mol. The fourth-order valence-corrected chi connectivity index (χ4v) is 4.03. The van der Waals surface area contributed by atoms with Crippen LogP contribution < -0.4 is 5.32 Å². The van der Waals surface area contributed by atoms with Gasteiger partial charge in [-0.05, 0) is 12.8 Å². The van der Waals surface area contributed by atoms with Gasteiger partial charge in [-0.15, -0.1) is 11.3 Å². The predicted octanol–water partition coefficient (Wildman–Crippen LogP) is 2.60. The lowest BCUT2D eigenvalue weighted by molar-refractivity contribution is 0.0690. The third kappa shape index (κ3) is 4.25. The zero-order valence-electron chi connectivity index (χ0n) is 14.2. The van der Waals surface area contributed by atoms with E-state index in [-0.39, 0.29) is 11.6 Å². The number of hydrogen-bond donors (Lipinski definition) is 2. The molecule has 1 amide bonds. The van der Waals surface area contributed by atoms with Crippen molar-refractivity contribution < 1.29 is 14.7 Å². The average Bonchev–Trinajstić information content (AvgIpc) is 3.22. The highest BCUT2D eigenvalue weighted by Crippen LogP contribution is 2.33. The van der Waals surface area contributed by atoms with Crippen LogP contribution >= 0.6 is 11.3 Å². The first-order chi connectivity index (χ1) is 12.0. The van der Waals surface area contributed by atoms with Crippen molar-refractivity contribution in [1.82, 2.24) is 20.1 Å². The number of carbonyl (C=O) groups is 2. The zero-order chi connectivity index (χ0) is 17.8. The van der Waals surface area contributed by atoms with Gasteiger partial charge in [0.2, 0.25) is 0 Å². The molecule has 2 aromatic rings. The van der Waals surface area contributed by atoms with Crippen molar-refractivity contribution in [3.8, 4) is 0 Å². The van der Waals surface area contributed by atoms with Crippen molar-refractivity contribution in [2.75, 3.05) is 6.54 Å². The average molecular weight is 362 g/mol. The first kappa shape index (κ1) is 17.6. The molecule has 0 bridgehead atoms. The summed E-state index contributed by atoms with van der Waals surface area (Å²) >= 11 is 1.30. The number of hydrogen-bond acceptors (Lipinski definition) is 5. The Morgan fingerprint density at radius 1 is 1.36 bits per heavy atom. The van der Waals surface area contributed by atoms with Gasteiger partial charge in [-0.1, -0.05) is 19.3 Å². The summed E-state index contributed by atoms with van der Waals surface area (Å²) in [5, 5.41) is 18.5. The number of amides is 1. The van der Waals surface area contributed by atoms with Gasteiger partial charge in [0.05, 0.1) is 16.3 Å². The summed E-state index contributed by atoms with van der Waals surface area (Å²) in [6, 6.07) is 0. The molecule has 0 saturated heterocycles. The SMILES string of the molecule is Cn1cc(C(=O)NCCc2nc(C(=O)O)cs2)c(C2CCCCC2)n1. The lowest BCUT2D eigenvalue weighted by Gasteiger charge is -2.20. The Morgan fingerprint density at radius 2 is 2.12 bits per heavy atom. The first-order valence-corrected chi connectivity index (χ1v) is 9.42. The van der Waals surface area contributed by atoms with E-state index in [9.17, 15) is 9.59 Å². The van der Waals surface area contributed by atoms with Crippen LogP contribution in [0.25, 0.3) is 0 Å². The van der Waals surface area contributed by atoms with Crippen molar-refractivity contribution in [2.45, 2.75) is 44.4 Å². The molecule has 1 saturated carbocycles. The minimum atomic E-state index is -1.03. The van der Waals surface area contributed by atoms with Gasteiger partial charge in [0.15, 0.2) is 5.69 Å². The van der Waals surface area contributed by atoms with Crippen LogP contribution in [-0.4, -0.2) is 38.3 Å². The summed E-state index contributed by atoms with van der Waals surface area (Å²) in [5.74, 6) is -0.782. The third-order valence-corrected chi connectivity index (χ3v) is 5.40. The molecule has 1 aliphatic rings. The lowest BCUT2D eigenvalue weighted by atomic mass is 9.85. The van der Waals surface area contributed by atoms with Gasteiger partial charge in [0.25, 0.3) is 5.91 Å². The number of thiazole rings is 1. The number of aromatic carboxylic acids is 1. The standard InChI is InChI=1S/C17H22N4O3S/c1-21-9-12(15(20-21)11-5-3-2-4-6-11)16(22)18-8-7-14-19-13(10-25-14)17(23)24/h9-11H,2-8H2,1H3,(H,18,22)(H,23,24). The Balaban J connectivity index is 1.60. The van der Waals surface area contributed by atoms with Crippen LogP contribution in [0.15, 0.2) is 11.6 Å². The summed E-state index contributed by atoms with van der Waals surface area (Å²) in [7, 11) is 1.84. The van der Waals surface area contributed by atoms with Crippen LogP contribution in [0.4, 0.5) is 0 Å². The normalized spacial score (nSPS) is 15.2. The molecule has 0 aliphatic heterocycles. The van der Waals surface area contributed by atoms with E-state index in [4.69, 9.17) is 5.11 Å². The highest BCUT2D eigenvalue weighted by molar-refractivity contribution is 7.09. The molecule has 0 aromatic carbocycles. The lowest BCUT2D eigenvalue weighted by Crippen LogP contribution is -2.27. The van der Waals surface area contributed by atoms with Gasteiger partial charge in [-0.2, -0.15) is 5.10 Å². The second kappa shape index (κ2) is 7.77. The molecule has 3 rings (SSSR count). The molecule has 134 valence electrons. The number of nitrogens with zero attached hydrogens (tertiary/aromatic N) is 3. The number of carboxylic acids is 1. The molecule has 1 fully saturated rings. The maximum atomic E-state index is 12.5. The maximum absolute atomic E-state index is 12.5. The second-order valence-electron chi connectivity index (χ2n) is 6.37. The molecule has 2 heterocycles. The molecule has 7 nitrogen and oxygen atoms in total. The Hall–Kier alpha value is -2.22. The van der Waals surface area contributed by atoms with E-state index >= 15 is 0 Å². The van der Waals surface area contributed by atoms with Gasteiger partial charge in [0, 0.05) is 37.5 Å². The minimum absolute atomic E-state index is 0.0539. The molecule has 25 heavy (non-hydrogen) atoms. The van der Waals surface area contributed by atoms with Crippen molar-refractivity contribution in [3.05, 3.63) is 33.5 Å². The number of carboxylic acid groups (broad SMARTS) is 1. The second-order valence-corrected chi connectivity index (χ2v) is 7.32. The summed E-state index contributed by atoms with van der Waals surface area (Å²) < 4.78 is 1.71. The molecule has 2 N–H and O–H groups in total. The number of nitrogens with one attached hydrogen (secondary N) is 1. The zero-order valence-corrected chi connectivity index (χ0v) is 15.0. The number of aromatic nitrogens is 3. The van der Waals surface area contributed by atoms with E-state index in [0.717, 1.165) is 18.5 Å². The van der Waals surface area contributed by atoms with Gasteiger partial charge in [-0.25, -0.2) is 9.78 Å². The van der Waals surface area contributed by atoms with Gasteiger partial charge in [0.1, 0.15) is 0 Å². The first-order valence-electron chi connectivity index (χ1n) is 8.54. The molecule has 1 aliphatic carbocycles. The molecule has 0 unspecified atom stereocenters. The summed E-state index contributed by atoms with van der Waals surface area (Å²) in [6.45, 7) is 0.421. The van der Waals surface area contributed by atoms with E-state index in [1.165, 1.54) is 36.0 Å². The van der Waals surface area contributed by atoms with Gasteiger partial charge < -0.3 is 10.4 Å². The summed E-state index contributed by atoms with van der Waals surface area (Å²) in [4.78, 5) is 27.4. The van der Waals surface area contributed by atoms with Crippen molar-refractivity contribution >= 4 is 23.2 Å². The minimum Gasteiger partial charge on any atom is -0.476 e. The Kier molecular flexibility index (Phi) is 5.47. The van der Waals surface area contributed by atoms with E-state index in [2.05, 4.69) is 15.4 Å². The molecular weight excluding hydrogens is 340 g/mol. The Bertz CT molecular complexity index is 762. The number of carbonyl (C=O) groups excluding carboxylic acids is 1. The molecule has 2 aromatic heterocycles. The molecule has 0 radical (unpaired) electrons. The Morgan fingerprint density at radius 3 is 2.80 bits per heavy atom. The number of aryl methyl sites for hydroxylation is 1. The van der Waals surface area contributed by atoms with Crippen LogP contribution in [-0.2, 0) is 13.5 Å². The van der Waals surface area contributed by atoms with Crippen LogP contribution in [0.3, 0.4) is 0 Å². The maximum Gasteiger partial charge on any atom is 0.355 e. The van der Waals surface area contributed by atoms with Crippen LogP contribution in [0.1, 0.15) is 69.6 Å². The number of rotatable bonds is 6. The fraction of sp³-hybridized carbons (Fsp3) is 0.529. The third-order valence-electron chi connectivity index (χ3n) is 4.49. The van der Waals surface area contributed by atoms with E-state index < -0.39 is 5.97 Å². The predicted molar refractivity (Wildman–Crippen MR) is 94.1 cm³/mol. The highest BCUT2D eigenvalue weighted by atomic mass is 32.1. The van der Waals surface area contributed by atoms with Gasteiger partial charge in [-0.3, -0.25) is 9.48 Å². The fourth-order valence-electron chi connectivity index (χ4n) is 3.26. The van der Waals surface area contributed by atoms with Gasteiger partial charge >= 0.3 is 5.97 Å². The smallest absolute Gasteiger partial charge is 0.355 e.